The number of hydrogen-bond donors (Lipinski definition) is 2. The molecule has 0 radical (unpaired) electrons. The maximum Gasteiger partial charge on any atom is 0.189 e. The third kappa shape index (κ3) is 3.79. The molecule has 27 heavy (non-hydrogen) atoms. The van der Waals surface area contributed by atoms with Gasteiger partial charge in [0.25, 0.3) is 0 Å². The molecular weight excluding hydrogens is 338 g/mol. The van der Waals surface area contributed by atoms with Gasteiger partial charge in [-0.2, -0.15) is 5.10 Å². The molecule has 0 saturated heterocycles. The predicted molar refractivity (Wildman–Crippen MR) is 106 cm³/mol. The summed E-state index contributed by atoms with van der Waals surface area (Å²) in [7, 11) is 0. The SMILES string of the molecule is Cc1nn(-c2ccccc2)cc1CN=C(N)NC1CCOc2ccccc21. The Balaban J connectivity index is 1.45. The Hall–Kier alpha value is -3.28. The van der Waals surface area contributed by atoms with Crippen molar-refractivity contribution in [3.05, 3.63) is 77.6 Å². The number of nitrogens with one attached hydrogen (secondary N) is 1. The number of benzene rings is 2. The number of guanidine groups is 1. The molecule has 0 bridgehead atoms. The number of nitrogens with two attached hydrogens (primary N) is 1. The molecule has 3 aromatic rings. The van der Waals surface area contributed by atoms with Gasteiger partial charge in [-0.25, -0.2) is 9.67 Å². The average Bonchev–Trinajstić information content (AvgIpc) is 3.08. The smallest absolute Gasteiger partial charge is 0.189 e. The first kappa shape index (κ1) is 17.1. The average molecular weight is 361 g/mol. The molecule has 0 aliphatic carbocycles. The van der Waals surface area contributed by atoms with Gasteiger partial charge in [-0.05, 0) is 25.1 Å². The van der Waals surface area contributed by atoms with E-state index in [1.807, 2.05) is 66.3 Å². The van der Waals surface area contributed by atoms with Gasteiger partial charge in [0.15, 0.2) is 5.96 Å². The van der Waals surface area contributed by atoms with E-state index < -0.39 is 0 Å². The molecule has 138 valence electrons. The highest BCUT2D eigenvalue weighted by molar-refractivity contribution is 5.78. The highest BCUT2D eigenvalue weighted by atomic mass is 16.5. The van der Waals surface area contributed by atoms with Crippen molar-refractivity contribution in [3.8, 4) is 11.4 Å². The lowest BCUT2D eigenvalue weighted by Gasteiger charge is -2.26. The van der Waals surface area contributed by atoms with Crippen molar-refractivity contribution >= 4 is 5.96 Å². The summed E-state index contributed by atoms with van der Waals surface area (Å²) >= 11 is 0. The topological polar surface area (TPSA) is 77.5 Å². The van der Waals surface area contributed by atoms with Crippen molar-refractivity contribution in [1.29, 1.82) is 0 Å². The van der Waals surface area contributed by atoms with Gasteiger partial charge >= 0.3 is 0 Å². The summed E-state index contributed by atoms with van der Waals surface area (Å²) in [6, 6.07) is 18.2. The van der Waals surface area contributed by atoms with Crippen LogP contribution in [-0.4, -0.2) is 22.3 Å². The molecule has 3 N–H and O–H groups in total. The van der Waals surface area contributed by atoms with Crippen LogP contribution in [-0.2, 0) is 6.54 Å². The van der Waals surface area contributed by atoms with Crippen LogP contribution < -0.4 is 15.8 Å². The van der Waals surface area contributed by atoms with Crippen molar-refractivity contribution in [1.82, 2.24) is 15.1 Å². The summed E-state index contributed by atoms with van der Waals surface area (Å²) in [5.74, 6) is 1.34. The number of aliphatic imine (C=N–C) groups is 1. The van der Waals surface area contributed by atoms with Crippen LogP contribution in [0.4, 0.5) is 0 Å². The lowest BCUT2D eigenvalue weighted by Crippen LogP contribution is -2.37. The number of nitrogens with zero attached hydrogens (tertiary/aromatic N) is 3. The fourth-order valence-corrected chi connectivity index (χ4v) is 3.25. The minimum Gasteiger partial charge on any atom is -0.493 e. The molecule has 6 nitrogen and oxygen atoms in total. The van der Waals surface area contributed by atoms with Gasteiger partial charge < -0.3 is 15.8 Å². The normalized spacial score (nSPS) is 16.5. The van der Waals surface area contributed by atoms with Gasteiger partial charge in [0.05, 0.1) is 30.6 Å². The quantitative estimate of drug-likeness (QED) is 0.553. The lowest BCUT2D eigenvalue weighted by atomic mass is 10.0. The van der Waals surface area contributed by atoms with Crippen molar-refractivity contribution in [2.24, 2.45) is 10.7 Å². The number of fused-ring (bicyclic) bond motifs is 1. The summed E-state index contributed by atoms with van der Waals surface area (Å²) in [4.78, 5) is 4.52. The van der Waals surface area contributed by atoms with Gasteiger partial charge in [-0.1, -0.05) is 36.4 Å². The lowest BCUT2D eigenvalue weighted by molar-refractivity contribution is 0.262. The minimum atomic E-state index is 0.117. The van der Waals surface area contributed by atoms with Crippen LogP contribution in [0.2, 0.25) is 0 Å². The Morgan fingerprint density at radius 3 is 2.85 bits per heavy atom. The summed E-state index contributed by atoms with van der Waals surface area (Å²) < 4.78 is 7.57. The van der Waals surface area contributed by atoms with E-state index in [4.69, 9.17) is 10.5 Å². The number of aryl methyl sites for hydroxylation is 1. The van der Waals surface area contributed by atoms with E-state index in [2.05, 4.69) is 21.5 Å². The fourth-order valence-electron chi connectivity index (χ4n) is 3.25. The molecule has 0 saturated carbocycles. The van der Waals surface area contributed by atoms with E-state index in [1.54, 1.807) is 0 Å². The van der Waals surface area contributed by atoms with E-state index in [0.29, 0.717) is 19.1 Å². The Labute approximate surface area is 158 Å². The highest BCUT2D eigenvalue weighted by Gasteiger charge is 2.21. The Kier molecular flexibility index (Phi) is 4.78. The maximum atomic E-state index is 6.15. The molecule has 1 atom stereocenters. The first-order chi connectivity index (χ1) is 13.2. The summed E-state index contributed by atoms with van der Waals surface area (Å²) in [5.41, 5.74) is 10.3. The molecule has 6 heteroatoms. The second-order valence-corrected chi connectivity index (χ2v) is 6.59. The molecule has 0 spiro atoms. The molecule has 1 aliphatic heterocycles. The molecule has 0 fully saturated rings. The Bertz CT molecular complexity index is 948. The molecule has 2 aromatic carbocycles. The highest BCUT2D eigenvalue weighted by Crippen LogP contribution is 2.31. The van der Waals surface area contributed by atoms with Crippen LogP contribution >= 0.6 is 0 Å². The third-order valence-corrected chi connectivity index (χ3v) is 4.72. The van der Waals surface area contributed by atoms with Gasteiger partial charge in [0.1, 0.15) is 5.75 Å². The molecule has 1 unspecified atom stereocenters. The zero-order valence-electron chi connectivity index (χ0n) is 15.3. The van der Waals surface area contributed by atoms with Crippen LogP contribution in [0.1, 0.15) is 29.3 Å². The van der Waals surface area contributed by atoms with Gasteiger partial charge in [-0.15, -0.1) is 0 Å². The number of aromatic nitrogens is 2. The first-order valence-electron chi connectivity index (χ1n) is 9.09. The van der Waals surface area contributed by atoms with Crippen LogP contribution in [0.3, 0.4) is 0 Å². The van der Waals surface area contributed by atoms with Crippen molar-refractivity contribution in [3.63, 3.8) is 0 Å². The van der Waals surface area contributed by atoms with Crippen LogP contribution in [0.25, 0.3) is 5.69 Å². The second kappa shape index (κ2) is 7.53. The summed E-state index contributed by atoms with van der Waals surface area (Å²) in [6.45, 7) is 3.15. The second-order valence-electron chi connectivity index (χ2n) is 6.59. The van der Waals surface area contributed by atoms with Gasteiger partial charge in [0, 0.05) is 23.7 Å². The number of ether oxygens (including phenoxy) is 1. The predicted octanol–water partition coefficient (Wildman–Crippen LogP) is 3.11. The number of hydrogen-bond acceptors (Lipinski definition) is 3. The van der Waals surface area contributed by atoms with Crippen LogP contribution in [0.15, 0.2) is 65.8 Å². The number of rotatable bonds is 4. The minimum absolute atomic E-state index is 0.117. The van der Waals surface area contributed by atoms with E-state index in [0.717, 1.165) is 34.7 Å². The fraction of sp³-hybridized carbons (Fsp3) is 0.238. The third-order valence-electron chi connectivity index (χ3n) is 4.72. The maximum absolute atomic E-state index is 6.15. The monoisotopic (exact) mass is 361 g/mol. The number of para-hydroxylation sites is 2. The zero-order valence-corrected chi connectivity index (χ0v) is 15.3. The van der Waals surface area contributed by atoms with Gasteiger partial charge in [0.2, 0.25) is 0 Å². The first-order valence-corrected chi connectivity index (χ1v) is 9.09. The van der Waals surface area contributed by atoms with E-state index >= 15 is 0 Å². The molecule has 4 rings (SSSR count). The van der Waals surface area contributed by atoms with Crippen LogP contribution in [0, 0.1) is 6.92 Å². The Morgan fingerprint density at radius 1 is 1.22 bits per heavy atom. The molecule has 0 amide bonds. The summed E-state index contributed by atoms with van der Waals surface area (Å²) in [5, 5.41) is 7.90. The van der Waals surface area contributed by atoms with Gasteiger partial charge in [-0.3, -0.25) is 0 Å². The van der Waals surface area contributed by atoms with Crippen molar-refractivity contribution < 1.29 is 4.74 Å². The van der Waals surface area contributed by atoms with E-state index in [-0.39, 0.29) is 6.04 Å². The van der Waals surface area contributed by atoms with Crippen LogP contribution in [0.5, 0.6) is 5.75 Å². The molecule has 2 heterocycles. The molecular formula is C21H23N5O. The summed E-state index contributed by atoms with van der Waals surface area (Å²) in [6.07, 6.45) is 2.86. The Morgan fingerprint density at radius 2 is 2.00 bits per heavy atom. The van der Waals surface area contributed by atoms with E-state index in [1.165, 1.54) is 0 Å². The zero-order chi connectivity index (χ0) is 18.6. The van der Waals surface area contributed by atoms with Crippen molar-refractivity contribution in [2.45, 2.75) is 25.9 Å². The molecule has 1 aromatic heterocycles. The largest absolute Gasteiger partial charge is 0.493 e. The van der Waals surface area contributed by atoms with Crippen molar-refractivity contribution in [2.75, 3.05) is 6.61 Å². The van der Waals surface area contributed by atoms with E-state index in [9.17, 15) is 0 Å². The molecule has 1 aliphatic rings. The standard InChI is InChI=1S/C21H23N5O/c1-15-16(14-26(25-15)17-7-3-2-4-8-17)13-23-21(22)24-19-11-12-27-20-10-6-5-9-18(19)20/h2-10,14,19H,11-13H2,1H3,(H3,22,23,24).